The number of rotatable bonds is 8. The first-order valence-corrected chi connectivity index (χ1v) is 10.00. The van der Waals surface area contributed by atoms with Crippen molar-refractivity contribution < 1.29 is 14.3 Å². The van der Waals surface area contributed by atoms with E-state index < -0.39 is 0 Å². The lowest BCUT2D eigenvalue weighted by atomic mass is 10.1. The molecule has 6 heteroatoms. The van der Waals surface area contributed by atoms with E-state index in [1.165, 1.54) is 24.9 Å². The van der Waals surface area contributed by atoms with E-state index in [9.17, 15) is 4.79 Å². The molecular formula is C22H29N3O3. The molecular weight excluding hydrogens is 354 g/mol. The van der Waals surface area contributed by atoms with E-state index in [2.05, 4.69) is 27.7 Å². The van der Waals surface area contributed by atoms with Gasteiger partial charge in [-0.1, -0.05) is 6.07 Å². The fourth-order valence-electron chi connectivity index (χ4n) is 3.24. The average molecular weight is 383 g/mol. The molecule has 0 saturated carbocycles. The number of anilines is 2. The first-order chi connectivity index (χ1) is 13.7. The first-order valence-electron chi connectivity index (χ1n) is 10.00. The normalized spacial score (nSPS) is 13.7. The number of carbonyl (C=O) groups excluding carboxylic acids is 1. The minimum Gasteiger partial charge on any atom is -0.494 e. The van der Waals surface area contributed by atoms with E-state index in [0.717, 1.165) is 30.3 Å². The predicted octanol–water partition coefficient (Wildman–Crippen LogP) is 4.28. The van der Waals surface area contributed by atoms with Crippen LogP contribution in [0.2, 0.25) is 0 Å². The van der Waals surface area contributed by atoms with Gasteiger partial charge in [0.25, 0.3) is 0 Å². The van der Waals surface area contributed by atoms with Crippen molar-refractivity contribution >= 4 is 17.4 Å². The molecule has 2 amide bonds. The Labute approximate surface area is 166 Å². The zero-order valence-corrected chi connectivity index (χ0v) is 16.4. The Morgan fingerprint density at radius 3 is 2.43 bits per heavy atom. The maximum Gasteiger partial charge on any atom is 0.319 e. The third kappa shape index (κ3) is 6.08. The lowest BCUT2D eigenvalue weighted by Crippen LogP contribution is -2.32. The maximum atomic E-state index is 12.0. The van der Waals surface area contributed by atoms with E-state index in [-0.39, 0.29) is 6.03 Å². The molecule has 150 valence electrons. The number of benzene rings is 2. The molecule has 28 heavy (non-hydrogen) atoms. The van der Waals surface area contributed by atoms with Gasteiger partial charge in [0.15, 0.2) is 0 Å². The van der Waals surface area contributed by atoms with Crippen molar-refractivity contribution in [2.24, 2.45) is 0 Å². The molecule has 1 heterocycles. The average Bonchev–Trinajstić information content (AvgIpc) is 2.73. The highest BCUT2D eigenvalue weighted by Gasteiger charge is 2.10. The van der Waals surface area contributed by atoms with Gasteiger partial charge in [0.05, 0.1) is 13.2 Å². The van der Waals surface area contributed by atoms with E-state index in [1.807, 2.05) is 43.3 Å². The Morgan fingerprint density at radius 2 is 1.71 bits per heavy atom. The summed E-state index contributed by atoms with van der Waals surface area (Å²) in [5.74, 6) is 1.50. The Morgan fingerprint density at radius 1 is 1.00 bits per heavy atom. The molecule has 1 aliphatic rings. The van der Waals surface area contributed by atoms with Crippen LogP contribution in [-0.4, -0.2) is 38.9 Å². The van der Waals surface area contributed by atoms with Gasteiger partial charge in [-0.2, -0.15) is 0 Å². The van der Waals surface area contributed by atoms with Crippen molar-refractivity contribution in [1.29, 1.82) is 0 Å². The van der Waals surface area contributed by atoms with Crippen LogP contribution in [0.15, 0.2) is 48.5 Å². The smallest absolute Gasteiger partial charge is 0.319 e. The van der Waals surface area contributed by atoms with Crippen LogP contribution in [0, 0.1) is 0 Å². The molecule has 1 fully saturated rings. The van der Waals surface area contributed by atoms with Gasteiger partial charge in [-0.15, -0.1) is 0 Å². The molecule has 2 N–H and O–H groups in total. The largest absolute Gasteiger partial charge is 0.494 e. The minimum atomic E-state index is -0.239. The second kappa shape index (κ2) is 10.4. The molecule has 2 aromatic carbocycles. The Kier molecular flexibility index (Phi) is 7.41. The summed E-state index contributed by atoms with van der Waals surface area (Å²) < 4.78 is 11.1. The van der Waals surface area contributed by atoms with Gasteiger partial charge < -0.3 is 25.0 Å². The number of hydrogen-bond donors (Lipinski definition) is 2. The summed E-state index contributed by atoms with van der Waals surface area (Å²) in [7, 11) is 0. The van der Waals surface area contributed by atoms with E-state index in [4.69, 9.17) is 9.47 Å². The number of carbonyl (C=O) groups is 1. The minimum absolute atomic E-state index is 0.239. The van der Waals surface area contributed by atoms with Gasteiger partial charge in [0.2, 0.25) is 0 Å². The molecule has 0 aromatic heterocycles. The molecule has 0 bridgehead atoms. The van der Waals surface area contributed by atoms with Crippen LogP contribution in [0.3, 0.4) is 0 Å². The first kappa shape index (κ1) is 19.9. The molecule has 1 aliphatic heterocycles. The zero-order valence-electron chi connectivity index (χ0n) is 16.4. The van der Waals surface area contributed by atoms with Crippen molar-refractivity contribution in [2.75, 3.05) is 43.1 Å². The highest BCUT2D eigenvalue weighted by molar-refractivity contribution is 5.89. The van der Waals surface area contributed by atoms with Crippen LogP contribution >= 0.6 is 0 Å². The van der Waals surface area contributed by atoms with Crippen molar-refractivity contribution in [3.8, 4) is 11.5 Å². The quantitative estimate of drug-likeness (QED) is 0.668. The Balaban J connectivity index is 1.37. The monoisotopic (exact) mass is 383 g/mol. The number of urea groups is 1. The summed E-state index contributed by atoms with van der Waals surface area (Å²) in [4.78, 5) is 14.4. The summed E-state index contributed by atoms with van der Waals surface area (Å²) in [5.41, 5.74) is 2.00. The number of nitrogens with one attached hydrogen (secondary N) is 2. The molecule has 0 spiro atoms. The molecule has 2 aromatic rings. The summed E-state index contributed by atoms with van der Waals surface area (Å²) in [6.07, 6.45) is 3.82. The number of piperidine rings is 1. The molecule has 0 atom stereocenters. The summed E-state index contributed by atoms with van der Waals surface area (Å²) in [5, 5.41) is 5.65. The van der Waals surface area contributed by atoms with Gasteiger partial charge >= 0.3 is 6.03 Å². The lowest BCUT2D eigenvalue weighted by molar-refractivity contribution is 0.247. The molecule has 0 radical (unpaired) electrons. The standard InChI is InChI=1S/C22H29N3O3/c1-2-27-20-7-6-8-21(17-20)28-16-13-23-22(26)24-18-9-11-19(12-10-18)25-14-4-3-5-15-25/h6-12,17H,2-5,13-16H2,1H3,(H2,23,24,26). The lowest BCUT2D eigenvalue weighted by Gasteiger charge is -2.28. The fourth-order valence-corrected chi connectivity index (χ4v) is 3.24. The molecule has 1 saturated heterocycles. The van der Waals surface area contributed by atoms with Gasteiger partial charge in [0, 0.05) is 30.5 Å². The molecule has 0 unspecified atom stereocenters. The Hall–Kier alpha value is -2.89. The highest BCUT2D eigenvalue weighted by Crippen LogP contribution is 2.22. The van der Waals surface area contributed by atoms with Crippen LogP contribution in [0.25, 0.3) is 0 Å². The summed E-state index contributed by atoms with van der Waals surface area (Å²) >= 11 is 0. The number of nitrogens with zero attached hydrogens (tertiary/aromatic N) is 1. The summed E-state index contributed by atoms with van der Waals surface area (Å²) in [6, 6.07) is 15.3. The van der Waals surface area contributed by atoms with Crippen LogP contribution in [0.4, 0.5) is 16.2 Å². The molecule has 3 rings (SSSR count). The van der Waals surface area contributed by atoms with Crippen molar-refractivity contribution in [2.45, 2.75) is 26.2 Å². The summed E-state index contributed by atoms with van der Waals surface area (Å²) in [6.45, 7) is 5.58. The van der Waals surface area contributed by atoms with E-state index >= 15 is 0 Å². The predicted molar refractivity (Wildman–Crippen MR) is 113 cm³/mol. The van der Waals surface area contributed by atoms with E-state index in [0.29, 0.717) is 19.8 Å². The van der Waals surface area contributed by atoms with Crippen molar-refractivity contribution in [1.82, 2.24) is 5.32 Å². The maximum absolute atomic E-state index is 12.0. The molecule has 6 nitrogen and oxygen atoms in total. The number of ether oxygens (including phenoxy) is 2. The van der Waals surface area contributed by atoms with E-state index in [1.54, 1.807) is 0 Å². The van der Waals surface area contributed by atoms with Crippen molar-refractivity contribution in [3.63, 3.8) is 0 Å². The van der Waals surface area contributed by atoms with Crippen LogP contribution < -0.4 is 25.0 Å². The van der Waals surface area contributed by atoms with Crippen LogP contribution in [-0.2, 0) is 0 Å². The SMILES string of the molecule is CCOc1cccc(OCCNC(=O)Nc2ccc(N3CCCCC3)cc2)c1. The number of amides is 2. The fraction of sp³-hybridized carbons (Fsp3) is 0.409. The van der Waals surface area contributed by atoms with Crippen molar-refractivity contribution in [3.05, 3.63) is 48.5 Å². The van der Waals surface area contributed by atoms with Crippen LogP contribution in [0.5, 0.6) is 11.5 Å². The van der Waals surface area contributed by atoms with Gasteiger partial charge in [0.1, 0.15) is 18.1 Å². The third-order valence-corrected chi connectivity index (χ3v) is 4.62. The van der Waals surface area contributed by atoms with Gasteiger partial charge in [-0.3, -0.25) is 0 Å². The molecule has 0 aliphatic carbocycles. The van der Waals surface area contributed by atoms with Gasteiger partial charge in [-0.05, 0) is 62.6 Å². The zero-order chi connectivity index (χ0) is 19.6. The Bertz CT molecular complexity index is 743. The third-order valence-electron chi connectivity index (χ3n) is 4.62. The number of hydrogen-bond acceptors (Lipinski definition) is 4. The second-order valence-corrected chi connectivity index (χ2v) is 6.73. The second-order valence-electron chi connectivity index (χ2n) is 6.73. The topological polar surface area (TPSA) is 62.8 Å². The highest BCUT2D eigenvalue weighted by atomic mass is 16.5. The van der Waals surface area contributed by atoms with Gasteiger partial charge in [-0.25, -0.2) is 4.79 Å². The van der Waals surface area contributed by atoms with Crippen LogP contribution in [0.1, 0.15) is 26.2 Å².